The van der Waals surface area contributed by atoms with Gasteiger partial charge < -0.3 is 21.0 Å². The first-order valence-electron chi connectivity index (χ1n) is 3.67. The zero-order valence-electron chi connectivity index (χ0n) is 7.01. The molecule has 4 N–H and O–H groups in total. The molecule has 1 aromatic rings. The first-order valence-corrected chi connectivity index (χ1v) is 3.67. The Hall–Kier alpha value is -1.96. The second-order valence-corrected chi connectivity index (χ2v) is 2.62. The summed E-state index contributed by atoms with van der Waals surface area (Å²) in [7, 11) is 0. The van der Waals surface area contributed by atoms with Crippen LogP contribution in [0.4, 0.5) is 5.82 Å². The van der Waals surface area contributed by atoms with Crippen LogP contribution in [0.1, 0.15) is 5.82 Å². The summed E-state index contributed by atoms with van der Waals surface area (Å²) in [5.74, 6) is -1.27. The molecule has 0 fully saturated rings. The Kier molecular flexibility index (Phi) is 2.77. The molecule has 0 bridgehead atoms. The normalized spacial score (nSPS) is 12.4. The van der Waals surface area contributed by atoms with Gasteiger partial charge in [-0.1, -0.05) is 0 Å². The highest BCUT2D eigenvalue weighted by Gasteiger charge is 2.17. The van der Waals surface area contributed by atoms with E-state index in [1.807, 2.05) is 0 Å². The lowest BCUT2D eigenvalue weighted by Crippen LogP contribution is -2.32. The van der Waals surface area contributed by atoms with Gasteiger partial charge in [-0.2, -0.15) is 0 Å². The van der Waals surface area contributed by atoms with Gasteiger partial charge in [0.15, 0.2) is 5.82 Å². The molecule has 0 saturated heterocycles. The lowest BCUT2D eigenvalue weighted by molar-refractivity contribution is -0.389. The minimum absolute atomic E-state index is 0.0663. The van der Waals surface area contributed by atoms with Gasteiger partial charge in [-0.15, -0.1) is 0 Å². The number of nitrogens with zero attached hydrogens (tertiary/aromatic N) is 2. The molecule has 14 heavy (non-hydrogen) atoms. The molecule has 1 unspecified atom stereocenters. The summed E-state index contributed by atoms with van der Waals surface area (Å²) in [4.78, 5) is 25.9. The number of nitrogens with two attached hydrogens (primary N) is 1. The maximum atomic E-state index is 10.3. The lowest BCUT2D eigenvalue weighted by atomic mass is 10.2. The molecule has 1 heterocycles. The second-order valence-electron chi connectivity index (χ2n) is 2.62. The zero-order chi connectivity index (χ0) is 10.7. The molecule has 0 spiro atoms. The van der Waals surface area contributed by atoms with Gasteiger partial charge in [-0.05, 0) is 4.92 Å². The topological polar surface area (TPSA) is 135 Å². The molecule has 0 amide bonds. The average molecular weight is 200 g/mol. The van der Waals surface area contributed by atoms with Crippen molar-refractivity contribution in [2.75, 3.05) is 0 Å². The maximum Gasteiger partial charge on any atom is 0.340 e. The van der Waals surface area contributed by atoms with Crippen molar-refractivity contribution in [3.63, 3.8) is 0 Å². The number of carbonyl (C=O) groups is 1. The highest BCUT2D eigenvalue weighted by Crippen LogP contribution is 2.07. The summed E-state index contributed by atoms with van der Waals surface area (Å²) >= 11 is 0. The van der Waals surface area contributed by atoms with Gasteiger partial charge in [0.05, 0.1) is 6.42 Å². The second kappa shape index (κ2) is 3.83. The fourth-order valence-corrected chi connectivity index (χ4v) is 0.844. The summed E-state index contributed by atoms with van der Waals surface area (Å²) in [5.41, 5.74) is 5.20. The minimum Gasteiger partial charge on any atom is -0.480 e. The van der Waals surface area contributed by atoms with E-state index in [9.17, 15) is 14.9 Å². The summed E-state index contributed by atoms with van der Waals surface area (Å²) < 4.78 is 0. The molecule has 76 valence electrons. The van der Waals surface area contributed by atoms with Gasteiger partial charge in [0, 0.05) is 0 Å². The van der Waals surface area contributed by atoms with E-state index in [-0.39, 0.29) is 18.1 Å². The zero-order valence-corrected chi connectivity index (χ0v) is 7.01. The van der Waals surface area contributed by atoms with E-state index in [0.29, 0.717) is 0 Å². The fraction of sp³-hybridized carbons (Fsp3) is 0.333. The number of nitrogens with one attached hydrogen (secondary N) is 1. The van der Waals surface area contributed by atoms with Crippen LogP contribution in [0.15, 0.2) is 6.20 Å². The first-order chi connectivity index (χ1) is 6.50. The molecule has 0 aliphatic rings. The molecule has 1 atom stereocenters. The minimum atomic E-state index is -1.18. The fourth-order valence-electron chi connectivity index (χ4n) is 0.844. The van der Waals surface area contributed by atoms with Crippen molar-refractivity contribution < 1.29 is 14.8 Å². The van der Waals surface area contributed by atoms with Gasteiger partial charge in [0.1, 0.15) is 12.2 Å². The van der Waals surface area contributed by atoms with Crippen molar-refractivity contribution in [1.29, 1.82) is 0 Å². The largest absolute Gasteiger partial charge is 0.480 e. The monoisotopic (exact) mass is 200 g/mol. The van der Waals surface area contributed by atoms with Crippen LogP contribution in [0.25, 0.3) is 0 Å². The predicted octanol–water partition coefficient (Wildman–Crippen LogP) is -0.728. The molecular weight excluding hydrogens is 192 g/mol. The van der Waals surface area contributed by atoms with Crippen molar-refractivity contribution in [1.82, 2.24) is 9.97 Å². The van der Waals surface area contributed by atoms with Gasteiger partial charge in [-0.3, -0.25) is 4.79 Å². The number of nitro groups is 1. The molecule has 0 saturated carbocycles. The lowest BCUT2D eigenvalue weighted by Gasteiger charge is -1.99. The maximum absolute atomic E-state index is 10.3. The summed E-state index contributed by atoms with van der Waals surface area (Å²) in [6.07, 6.45) is 0.951. The standard InChI is InChI=1S/C6H8N4O4/c7-3(6(11)12)1-4-8-2-5(9-4)10(13)14/h2-3H,1,7H2,(H,8,9)(H,11,12). The third kappa shape index (κ3) is 2.26. The molecule has 8 nitrogen and oxygen atoms in total. The summed E-state index contributed by atoms with van der Waals surface area (Å²) in [5, 5.41) is 18.7. The number of hydrogen-bond donors (Lipinski definition) is 3. The van der Waals surface area contributed by atoms with Gasteiger partial charge in [-0.25, -0.2) is 9.97 Å². The number of H-pyrrole nitrogens is 1. The van der Waals surface area contributed by atoms with Gasteiger partial charge in [0.2, 0.25) is 0 Å². The van der Waals surface area contributed by atoms with Crippen LogP contribution in [-0.4, -0.2) is 32.0 Å². The van der Waals surface area contributed by atoms with E-state index < -0.39 is 16.9 Å². The van der Waals surface area contributed by atoms with Crippen LogP contribution in [-0.2, 0) is 11.2 Å². The molecular formula is C6H8N4O4. The molecule has 0 aliphatic carbocycles. The summed E-state index contributed by atoms with van der Waals surface area (Å²) in [6.45, 7) is 0. The third-order valence-electron chi connectivity index (χ3n) is 1.54. The number of carboxylic acid groups (broad SMARTS) is 1. The number of aromatic nitrogens is 2. The van der Waals surface area contributed by atoms with Crippen molar-refractivity contribution >= 4 is 11.8 Å². The number of aromatic amines is 1. The van der Waals surface area contributed by atoms with Crippen LogP contribution >= 0.6 is 0 Å². The van der Waals surface area contributed by atoms with Gasteiger partial charge >= 0.3 is 11.8 Å². The van der Waals surface area contributed by atoms with Crippen molar-refractivity contribution in [2.45, 2.75) is 12.5 Å². The van der Waals surface area contributed by atoms with E-state index >= 15 is 0 Å². The van der Waals surface area contributed by atoms with E-state index in [1.165, 1.54) is 0 Å². The Morgan fingerprint density at radius 2 is 2.50 bits per heavy atom. The number of rotatable bonds is 4. The quantitative estimate of drug-likeness (QED) is 0.433. The predicted molar refractivity (Wildman–Crippen MR) is 44.6 cm³/mol. The Balaban J connectivity index is 2.69. The molecule has 0 radical (unpaired) electrons. The van der Waals surface area contributed by atoms with E-state index in [2.05, 4.69) is 9.97 Å². The van der Waals surface area contributed by atoms with E-state index in [1.54, 1.807) is 0 Å². The molecule has 0 aromatic carbocycles. The van der Waals surface area contributed by atoms with Crippen LogP contribution in [0, 0.1) is 10.1 Å². The Labute approximate surface area is 77.9 Å². The van der Waals surface area contributed by atoms with Crippen molar-refractivity contribution in [3.8, 4) is 0 Å². The van der Waals surface area contributed by atoms with Crippen molar-refractivity contribution in [2.24, 2.45) is 5.73 Å². The van der Waals surface area contributed by atoms with Crippen LogP contribution < -0.4 is 5.73 Å². The van der Waals surface area contributed by atoms with Crippen molar-refractivity contribution in [3.05, 3.63) is 22.1 Å². The number of aliphatic carboxylic acids is 1. The molecule has 1 rings (SSSR count). The Bertz CT molecular complexity index is 360. The average Bonchev–Trinajstić information content (AvgIpc) is 2.52. The number of hydrogen-bond acceptors (Lipinski definition) is 5. The first kappa shape index (κ1) is 10.1. The van der Waals surface area contributed by atoms with Crippen LogP contribution in [0.5, 0.6) is 0 Å². The van der Waals surface area contributed by atoms with Crippen LogP contribution in [0.3, 0.4) is 0 Å². The van der Waals surface area contributed by atoms with Gasteiger partial charge in [0.25, 0.3) is 0 Å². The number of imidazole rings is 1. The SMILES string of the molecule is NC(Cc1ncc([N+](=O)[O-])[nH]1)C(=O)O. The highest BCUT2D eigenvalue weighted by molar-refractivity contribution is 5.73. The van der Waals surface area contributed by atoms with Crippen LogP contribution in [0.2, 0.25) is 0 Å². The molecule has 8 heteroatoms. The summed E-state index contributed by atoms with van der Waals surface area (Å²) in [6, 6.07) is -1.11. The van der Waals surface area contributed by atoms with E-state index in [4.69, 9.17) is 10.8 Å². The number of carboxylic acids is 1. The highest BCUT2D eigenvalue weighted by atomic mass is 16.6. The Morgan fingerprint density at radius 1 is 1.86 bits per heavy atom. The molecule has 1 aromatic heterocycles. The Morgan fingerprint density at radius 3 is 2.93 bits per heavy atom. The molecule has 0 aliphatic heterocycles. The van der Waals surface area contributed by atoms with E-state index in [0.717, 1.165) is 6.20 Å². The smallest absolute Gasteiger partial charge is 0.340 e. The third-order valence-corrected chi connectivity index (χ3v) is 1.54.